The number of hydrogen-bond acceptors (Lipinski definition) is 2. The SMILES string of the molecule is CCCCCC1CCC(C2CCC3C(CCCC3C(=O)Oc3cc(F)c(C)c(F)c3)C2)CC1. The molecule has 3 fully saturated rings. The summed E-state index contributed by atoms with van der Waals surface area (Å²) in [5.41, 5.74) is -0.0409. The van der Waals surface area contributed by atoms with Crippen molar-refractivity contribution in [3.63, 3.8) is 0 Å². The van der Waals surface area contributed by atoms with Gasteiger partial charge in [0.2, 0.25) is 0 Å². The first kappa shape index (κ1) is 24.7. The molecule has 33 heavy (non-hydrogen) atoms. The summed E-state index contributed by atoms with van der Waals surface area (Å²) in [5, 5.41) is 0. The van der Waals surface area contributed by atoms with Crippen LogP contribution in [0.2, 0.25) is 0 Å². The molecule has 0 heterocycles. The largest absolute Gasteiger partial charge is 0.426 e. The van der Waals surface area contributed by atoms with Gasteiger partial charge in [-0.3, -0.25) is 4.79 Å². The zero-order chi connectivity index (χ0) is 23.4. The van der Waals surface area contributed by atoms with Crippen LogP contribution in [0.3, 0.4) is 0 Å². The Morgan fingerprint density at radius 2 is 1.61 bits per heavy atom. The minimum atomic E-state index is -0.667. The Morgan fingerprint density at radius 3 is 2.30 bits per heavy atom. The van der Waals surface area contributed by atoms with Crippen molar-refractivity contribution in [3.8, 4) is 5.75 Å². The molecule has 0 aromatic heterocycles. The number of esters is 1. The average molecular weight is 461 g/mol. The number of hydrogen-bond donors (Lipinski definition) is 0. The highest BCUT2D eigenvalue weighted by Gasteiger charge is 2.43. The van der Waals surface area contributed by atoms with E-state index in [-0.39, 0.29) is 23.2 Å². The van der Waals surface area contributed by atoms with Crippen LogP contribution in [0.5, 0.6) is 5.75 Å². The minimum Gasteiger partial charge on any atom is -0.426 e. The lowest BCUT2D eigenvalue weighted by atomic mass is 9.59. The molecule has 0 aliphatic heterocycles. The molecular formula is C29H42F2O2. The fraction of sp³-hybridized carbons (Fsp3) is 0.759. The normalized spacial score (nSPS) is 32.2. The predicted molar refractivity (Wildman–Crippen MR) is 128 cm³/mol. The fourth-order valence-electron chi connectivity index (χ4n) is 7.22. The van der Waals surface area contributed by atoms with Crippen molar-refractivity contribution in [1.29, 1.82) is 0 Å². The van der Waals surface area contributed by atoms with Crippen LogP contribution in [-0.2, 0) is 4.79 Å². The number of rotatable bonds is 7. The molecule has 2 nitrogen and oxygen atoms in total. The van der Waals surface area contributed by atoms with E-state index in [9.17, 15) is 13.6 Å². The number of unbranched alkanes of at least 4 members (excludes halogenated alkanes) is 2. The van der Waals surface area contributed by atoms with Crippen molar-refractivity contribution in [2.45, 2.75) is 104 Å². The van der Waals surface area contributed by atoms with Crippen LogP contribution in [0, 0.1) is 54.1 Å². The first-order valence-electron chi connectivity index (χ1n) is 13.6. The predicted octanol–water partition coefficient (Wildman–Crippen LogP) is 8.40. The van der Waals surface area contributed by atoms with Gasteiger partial charge in [-0.15, -0.1) is 0 Å². The number of carbonyl (C=O) groups is 1. The second-order valence-electron chi connectivity index (χ2n) is 11.2. The third kappa shape index (κ3) is 5.98. The number of benzene rings is 1. The maximum Gasteiger partial charge on any atom is 0.314 e. The number of halogens is 2. The van der Waals surface area contributed by atoms with Gasteiger partial charge in [-0.05, 0) is 75.0 Å². The monoisotopic (exact) mass is 460 g/mol. The smallest absolute Gasteiger partial charge is 0.314 e. The van der Waals surface area contributed by atoms with Gasteiger partial charge in [0.15, 0.2) is 0 Å². The van der Waals surface area contributed by atoms with Crippen LogP contribution in [0.15, 0.2) is 12.1 Å². The third-order valence-electron chi connectivity index (χ3n) is 9.24. The zero-order valence-corrected chi connectivity index (χ0v) is 20.6. The van der Waals surface area contributed by atoms with E-state index < -0.39 is 11.6 Å². The van der Waals surface area contributed by atoms with E-state index in [2.05, 4.69) is 6.92 Å². The molecule has 1 aromatic carbocycles. The van der Waals surface area contributed by atoms with E-state index in [0.717, 1.165) is 49.1 Å². The van der Waals surface area contributed by atoms with Gasteiger partial charge in [0.25, 0.3) is 0 Å². The second kappa shape index (κ2) is 11.3. The average Bonchev–Trinajstić information content (AvgIpc) is 2.82. The van der Waals surface area contributed by atoms with Crippen molar-refractivity contribution in [2.75, 3.05) is 0 Å². The standard InChI is InChI=1S/C29H42F2O2/c1-3-4-5-7-20-10-12-21(13-11-20)22-14-15-25-23(16-22)8-6-9-26(25)29(32)33-24-17-27(30)19(2)28(31)18-24/h17-18,20-23,25-26H,3-16H2,1-2H3. The number of fused-ring (bicyclic) bond motifs is 1. The van der Waals surface area contributed by atoms with Gasteiger partial charge >= 0.3 is 5.97 Å². The van der Waals surface area contributed by atoms with E-state index in [1.54, 1.807) is 0 Å². The Labute approximate surface area is 198 Å². The topological polar surface area (TPSA) is 26.3 Å². The fourth-order valence-corrected chi connectivity index (χ4v) is 7.22. The van der Waals surface area contributed by atoms with E-state index in [1.807, 2.05) is 0 Å². The Hall–Kier alpha value is -1.45. The molecule has 0 spiro atoms. The van der Waals surface area contributed by atoms with Gasteiger partial charge in [-0.25, -0.2) is 8.78 Å². The van der Waals surface area contributed by atoms with Gasteiger partial charge in [-0.2, -0.15) is 0 Å². The molecule has 0 N–H and O–H groups in total. The molecule has 0 amide bonds. The van der Waals surface area contributed by atoms with Crippen LogP contribution in [0.25, 0.3) is 0 Å². The molecule has 4 unspecified atom stereocenters. The van der Waals surface area contributed by atoms with Crippen LogP contribution < -0.4 is 4.74 Å². The maximum atomic E-state index is 13.9. The minimum absolute atomic E-state index is 0.00731. The summed E-state index contributed by atoms with van der Waals surface area (Å²) >= 11 is 0. The van der Waals surface area contributed by atoms with Crippen LogP contribution in [-0.4, -0.2) is 5.97 Å². The first-order chi connectivity index (χ1) is 16.0. The van der Waals surface area contributed by atoms with Gasteiger partial charge in [0, 0.05) is 17.7 Å². The first-order valence-corrected chi connectivity index (χ1v) is 13.6. The van der Waals surface area contributed by atoms with Gasteiger partial charge in [0.1, 0.15) is 17.4 Å². The summed E-state index contributed by atoms with van der Waals surface area (Å²) in [5.74, 6) is 1.85. The Balaban J connectivity index is 1.30. The van der Waals surface area contributed by atoms with Crippen molar-refractivity contribution in [2.24, 2.45) is 35.5 Å². The maximum absolute atomic E-state index is 13.9. The van der Waals surface area contributed by atoms with E-state index >= 15 is 0 Å². The van der Waals surface area contributed by atoms with Crippen molar-refractivity contribution >= 4 is 5.97 Å². The molecule has 4 atom stereocenters. The Bertz CT molecular complexity index is 776. The summed E-state index contributed by atoms with van der Waals surface area (Å²) in [6.45, 7) is 3.67. The van der Waals surface area contributed by atoms with Crippen molar-refractivity contribution in [3.05, 3.63) is 29.3 Å². The molecule has 3 aliphatic carbocycles. The Kier molecular flexibility index (Phi) is 8.46. The van der Waals surface area contributed by atoms with E-state index in [0.29, 0.717) is 11.8 Å². The van der Waals surface area contributed by atoms with Crippen LogP contribution in [0.4, 0.5) is 8.78 Å². The molecule has 1 aromatic rings. The van der Waals surface area contributed by atoms with Gasteiger partial charge in [-0.1, -0.05) is 58.3 Å². The summed E-state index contributed by atoms with van der Waals surface area (Å²) in [7, 11) is 0. The molecule has 3 saturated carbocycles. The summed E-state index contributed by atoms with van der Waals surface area (Å²) < 4.78 is 33.3. The van der Waals surface area contributed by atoms with Gasteiger partial charge < -0.3 is 4.74 Å². The molecule has 0 bridgehead atoms. The second-order valence-corrected chi connectivity index (χ2v) is 11.2. The summed E-state index contributed by atoms with van der Waals surface area (Å²) in [6.07, 6.45) is 17.8. The molecule has 0 radical (unpaired) electrons. The zero-order valence-electron chi connectivity index (χ0n) is 20.6. The lowest BCUT2D eigenvalue weighted by molar-refractivity contribution is -0.144. The molecular weight excluding hydrogens is 418 g/mol. The molecule has 3 aliphatic rings. The lowest BCUT2D eigenvalue weighted by Gasteiger charge is -2.46. The molecule has 184 valence electrons. The summed E-state index contributed by atoms with van der Waals surface area (Å²) in [6, 6.07) is 2.26. The number of ether oxygens (including phenoxy) is 1. The third-order valence-corrected chi connectivity index (χ3v) is 9.24. The molecule has 4 rings (SSSR count). The lowest BCUT2D eigenvalue weighted by Crippen LogP contribution is -2.40. The van der Waals surface area contributed by atoms with Crippen molar-refractivity contribution < 1.29 is 18.3 Å². The summed E-state index contributed by atoms with van der Waals surface area (Å²) in [4.78, 5) is 13.0. The van der Waals surface area contributed by atoms with Crippen LogP contribution in [0.1, 0.15) is 102 Å². The highest BCUT2D eigenvalue weighted by atomic mass is 19.1. The quantitative estimate of drug-likeness (QED) is 0.232. The van der Waals surface area contributed by atoms with Crippen molar-refractivity contribution in [1.82, 2.24) is 0 Å². The molecule has 0 saturated heterocycles. The van der Waals surface area contributed by atoms with Gasteiger partial charge in [0.05, 0.1) is 5.92 Å². The van der Waals surface area contributed by atoms with Crippen LogP contribution >= 0.6 is 0 Å². The Morgan fingerprint density at radius 1 is 0.909 bits per heavy atom. The number of carbonyl (C=O) groups excluding carboxylic acids is 1. The molecule has 4 heteroatoms. The van der Waals surface area contributed by atoms with E-state index in [1.165, 1.54) is 77.6 Å². The van der Waals surface area contributed by atoms with E-state index in [4.69, 9.17) is 4.74 Å². The highest BCUT2D eigenvalue weighted by Crippen LogP contribution is 2.50. The highest BCUT2D eigenvalue weighted by molar-refractivity contribution is 5.75.